The molecule has 4 heteroatoms. The Kier molecular flexibility index (Phi) is 0.606. The SMILES string of the molecule is [C+]1=NN=NS1. The first-order valence-electron chi connectivity index (χ1n) is 1.01. The molecule has 0 fully saturated rings. The number of hydrogen-bond donors (Lipinski definition) is 0. The number of rotatable bonds is 0. The van der Waals surface area contributed by atoms with Crippen LogP contribution >= 0.6 is 11.9 Å². The van der Waals surface area contributed by atoms with E-state index in [1.165, 1.54) is 0 Å². The third-order valence-corrected chi connectivity index (χ3v) is 0.522. The fourth-order valence-electron chi connectivity index (χ4n) is 0.0913. The summed E-state index contributed by atoms with van der Waals surface area (Å²) in [6, 6.07) is 0. The fraction of sp³-hybridized carbons (Fsp3) is 0. The summed E-state index contributed by atoms with van der Waals surface area (Å²) in [7, 11) is 0. The van der Waals surface area contributed by atoms with Gasteiger partial charge in [-0.05, 0) is 4.52 Å². The van der Waals surface area contributed by atoms with E-state index in [9.17, 15) is 0 Å². The van der Waals surface area contributed by atoms with Crippen LogP contribution in [0.3, 0.4) is 0 Å². The molecule has 0 aliphatic carbocycles. The van der Waals surface area contributed by atoms with Crippen molar-refractivity contribution in [3.05, 3.63) is 0 Å². The molecule has 0 N–H and O–H groups in total. The molecule has 5 heavy (non-hydrogen) atoms. The molecule has 0 spiro atoms. The van der Waals surface area contributed by atoms with Crippen LogP contribution in [0.1, 0.15) is 0 Å². The Morgan fingerprint density at radius 3 is 2.80 bits per heavy atom. The van der Waals surface area contributed by atoms with Gasteiger partial charge in [-0.3, -0.25) is 0 Å². The lowest BCUT2D eigenvalue weighted by atomic mass is 11.7. The highest BCUT2D eigenvalue weighted by molar-refractivity contribution is 8.10. The Morgan fingerprint density at radius 1 is 1.60 bits per heavy atom. The van der Waals surface area contributed by atoms with E-state index in [-0.39, 0.29) is 0 Å². The van der Waals surface area contributed by atoms with Crippen molar-refractivity contribution in [1.29, 1.82) is 0 Å². The third-order valence-electron chi connectivity index (χ3n) is 0.204. The highest BCUT2D eigenvalue weighted by atomic mass is 32.2. The Labute approximate surface area is 33.3 Å². The summed E-state index contributed by atoms with van der Waals surface area (Å²) in [5.41, 5.74) is 2.43. The first kappa shape index (κ1) is 2.75. The van der Waals surface area contributed by atoms with Crippen LogP contribution in [0, 0.1) is 0 Å². The molecule has 24 valence electrons. The lowest BCUT2D eigenvalue weighted by Gasteiger charge is -1.35. The van der Waals surface area contributed by atoms with Gasteiger partial charge >= 0.3 is 17.5 Å². The quantitative estimate of drug-likeness (QED) is 0.319. The van der Waals surface area contributed by atoms with Gasteiger partial charge in [-0.1, -0.05) is 0 Å². The van der Waals surface area contributed by atoms with Gasteiger partial charge in [0.25, 0.3) is 0 Å². The minimum atomic E-state index is 1.12. The molecule has 1 heterocycles. The van der Waals surface area contributed by atoms with Crippen LogP contribution in [0.25, 0.3) is 0 Å². The van der Waals surface area contributed by atoms with Crippen molar-refractivity contribution < 1.29 is 0 Å². The van der Waals surface area contributed by atoms with Crippen molar-refractivity contribution in [2.75, 3.05) is 0 Å². The molecule has 0 aromatic heterocycles. The molecule has 1 aliphatic heterocycles. The average molecular weight is 86.1 g/mol. The van der Waals surface area contributed by atoms with E-state index in [4.69, 9.17) is 0 Å². The van der Waals surface area contributed by atoms with Crippen molar-refractivity contribution in [2.45, 2.75) is 0 Å². The largest absolute Gasteiger partial charge is 0.504 e. The van der Waals surface area contributed by atoms with Crippen LogP contribution in [-0.4, -0.2) is 5.55 Å². The molecule has 1 aliphatic rings. The second-order valence-corrected chi connectivity index (χ2v) is 0.982. The van der Waals surface area contributed by atoms with Gasteiger partial charge in [-0.25, -0.2) is 0 Å². The first-order valence-corrected chi connectivity index (χ1v) is 1.78. The molecule has 0 aromatic carbocycles. The van der Waals surface area contributed by atoms with Gasteiger partial charge in [-0.2, -0.15) is 0 Å². The van der Waals surface area contributed by atoms with Gasteiger partial charge in [-0.15, -0.1) is 0 Å². The summed E-state index contributed by atoms with van der Waals surface area (Å²) < 4.78 is 3.35. The molecule has 0 bridgehead atoms. The highest BCUT2D eigenvalue weighted by Crippen LogP contribution is 2.03. The van der Waals surface area contributed by atoms with E-state index in [2.05, 4.69) is 20.4 Å². The molecule has 0 unspecified atom stereocenters. The summed E-state index contributed by atoms with van der Waals surface area (Å²) in [5, 5.41) is 6.44. The minimum Gasteiger partial charge on any atom is -0.0308 e. The Bertz CT molecular complexity index is 65.0. The van der Waals surface area contributed by atoms with Gasteiger partial charge in [0.1, 0.15) is 5.10 Å². The first-order chi connectivity index (χ1) is 2.50. The Morgan fingerprint density at radius 2 is 2.60 bits per heavy atom. The third kappa shape index (κ3) is 0.403. The van der Waals surface area contributed by atoms with Crippen LogP contribution in [0.15, 0.2) is 14.8 Å². The zero-order chi connectivity index (χ0) is 3.54. The Balaban J connectivity index is 2.61. The van der Waals surface area contributed by atoms with E-state index < -0.39 is 0 Å². The van der Waals surface area contributed by atoms with Crippen LogP contribution in [-0.2, 0) is 0 Å². The maximum atomic E-state index is 3.35. The van der Waals surface area contributed by atoms with Crippen molar-refractivity contribution in [1.82, 2.24) is 0 Å². The van der Waals surface area contributed by atoms with E-state index in [0.29, 0.717) is 0 Å². The van der Waals surface area contributed by atoms with Gasteiger partial charge in [0.05, 0.1) is 0 Å². The smallest absolute Gasteiger partial charge is 0.0308 e. The van der Waals surface area contributed by atoms with Crippen molar-refractivity contribution in [3.63, 3.8) is 0 Å². The maximum Gasteiger partial charge on any atom is 0.504 e. The molecule has 0 atom stereocenters. The van der Waals surface area contributed by atoms with E-state index in [0.717, 1.165) is 11.9 Å². The monoisotopic (exact) mass is 86.0 g/mol. The van der Waals surface area contributed by atoms with Gasteiger partial charge in [0, 0.05) is 5.22 Å². The van der Waals surface area contributed by atoms with Crippen LogP contribution in [0.2, 0.25) is 0 Å². The van der Waals surface area contributed by atoms with Crippen LogP contribution < -0.4 is 0 Å². The molecule has 0 saturated heterocycles. The predicted octanol–water partition coefficient (Wildman–Crippen LogP) is 0.921. The average Bonchev–Trinajstić information content (AvgIpc) is 1.76. The van der Waals surface area contributed by atoms with Crippen molar-refractivity contribution in [3.8, 4) is 0 Å². The summed E-state index contributed by atoms with van der Waals surface area (Å²) in [4.78, 5) is 0. The maximum absolute atomic E-state index is 3.35. The lowest BCUT2D eigenvalue weighted by molar-refractivity contribution is 1.14. The van der Waals surface area contributed by atoms with Gasteiger partial charge in [0.2, 0.25) is 0 Å². The molecule has 0 aromatic rings. The normalized spacial score (nSPS) is 16.0. The minimum absolute atomic E-state index is 1.12. The van der Waals surface area contributed by atoms with Crippen molar-refractivity contribution >= 4 is 17.5 Å². The Hall–Kier alpha value is -0.470. The van der Waals surface area contributed by atoms with Crippen LogP contribution in [0.5, 0.6) is 0 Å². The summed E-state index contributed by atoms with van der Waals surface area (Å²) in [6.45, 7) is 0. The molecular formula is CN3S+. The lowest BCUT2D eigenvalue weighted by Crippen LogP contribution is -1.37. The standard InChI is InChI=1S/CN3S/c1-2-3-4-5-1/q+1. The van der Waals surface area contributed by atoms with Crippen molar-refractivity contribution in [2.24, 2.45) is 14.8 Å². The molecule has 0 amide bonds. The number of nitrogens with zero attached hydrogens (tertiary/aromatic N) is 3. The second kappa shape index (κ2) is 1.10. The van der Waals surface area contributed by atoms with E-state index in [1.54, 1.807) is 0 Å². The molecule has 3 nitrogen and oxygen atoms in total. The van der Waals surface area contributed by atoms with E-state index in [1.807, 2.05) is 0 Å². The molecule has 0 saturated carbocycles. The summed E-state index contributed by atoms with van der Waals surface area (Å²) in [6.07, 6.45) is 0. The van der Waals surface area contributed by atoms with Gasteiger partial charge < -0.3 is 0 Å². The zero-order valence-corrected chi connectivity index (χ0v) is 3.07. The van der Waals surface area contributed by atoms with Gasteiger partial charge in [0.15, 0.2) is 0 Å². The molecule has 1 rings (SSSR count). The predicted molar refractivity (Wildman–Crippen MR) is 19.9 cm³/mol. The summed E-state index contributed by atoms with van der Waals surface area (Å²) in [5.74, 6) is 0. The summed E-state index contributed by atoms with van der Waals surface area (Å²) >= 11 is 1.12. The zero-order valence-electron chi connectivity index (χ0n) is 2.25. The highest BCUT2D eigenvalue weighted by Gasteiger charge is 2.02. The molecular weight excluding hydrogens is 86.1 g/mol. The van der Waals surface area contributed by atoms with Crippen LogP contribution in [0.4, 0.5) is 0 Å². The topological polar surface area (TPSA) is 37.1 Å². The molecule has 0 radical (unpaired) electrons. The number of hydrogen-bond acceptors (Lipinski definition) is 4. The second-order valence-electron chi connectivity index (χ2n) is 0.454. The van der Waals surface area contributed by atoms with E-state index >= 15 is 0 Å². The fourth-order valence-corrected chi connectivity index (χ4v) is 0.274.